The number of hydrogen-bond acceptors (Lipinski definition) is 5. The number of amides is 2. The lowest BCUT2D eigenvalue weighted by Crippen LogP contribution is -2.24. The van der Waals surface area contributed by atoms with Crippen LogP contribution in [0.4, 0.5) is 14.5 Å². The lowest BCUT2D eigenvalue weighted by atomic mass is 10.1. The van der Waals surface area contributed by atoms with Gasteiger partial charge in [0.1, 0.15) is 5.03 Å². The highest BCUT2D eigenvalue weighted by atomic mass is 32.2. The van der Waals surface area contributed by atoms with Gasteiger partial charge in [-0.2, -0.15) is 8.78 Å². The first-order valence-electron chi connectivity index (χ1n) is 8.51. The Morgan fingerprint density at radius 3 is 2.55 bits per heavy atom. The van der Waals surface area contributed by atoms with E-state index >= 15 is 0 Å². The first-order valence-corrected chi connectivity index (χ1v) is 9.39. The molecule has 6 nitrogen and oxygen atoms in total. The predicted molar refractivity (Wildman–Crippen MR) is 106 cm³/mol. The number of benzene rings is 1. The van der Waals surface area contributed by atoms with Gasteiger partial charge in [-0.1, -0.05) is 12.1 Å². The largest absolute Gasteiger partial charge is 0.348 e. The van der Waals surface area contributed by atoms with Gasteiger partial charge >= 0.3 is 0 Å². The topological polar surface area (TPSA) is 84.0 Å². The third kappa shape index (κ3) is 5.82. The molecule has 0 bridgehead atoms. The number of halogens is 2. The maximum absolute atomic E-state index is 12.6. The van der Waals surface area contributed by atoms with Crippen LogP contribution in [0.15, 0.2) is 72.1 Å². The lowest BCUT2D eigenvalue weighted by Gasteiger charge is -2.10. The fourth-order valence-electron chi connectivity index (χ4n) is 2.49. The molecule has 2 heterocycles. The molecule has 0 unspecified atom stereocenters. The minimum absolute atomic E-state index is 0.0293. The Morgan fingerprint density at radius 1 is 1.00 bits per heavy atom. The molecule has 0 saturated carbocycles. The van der Waals surface area contributed by atoms with E-state index in [0.29, 0.717) is 11.3 Å². The van der Waals surface area contributed by atoms with E-state index in [-0.39, 0.29) is 34.8 Å². The number of nitrogens with zero attached hydrogens (tertiary/aromatic N) is 2. The van der Waals surface area contributed by atoms with Gasteiger partial charge in [-0.15, -0.1) is 0 Å². The van der Waals surface area contributed by atoms with Crippen molar-refractivity contribution in [3.05, 3.63) is 83.8 Å². The van der Waals surface area contributed by atoms with Crippen molar-refractivity contribution in [1.82, 2.24) is 15.3 Å². The summed E-state index contributed by atoms with van der Waals surface area (Å²) in [5.41, 5.74) is 1.85. The molecule has 1 aromatic carbocycles. The zero-order chi connectivity index (χ0) is 20.6. The van der Waals surface area contributed by atoms with E-state index in [1.807, 2.05) is 0 Å². The fourth-order valence-corrected chi connectivity index (χ4v) is 3.06. The van der Waals surface area contributed by atoms with E-state index in [1.54, 1.807) is 36.4 Å². The molecular weight excluding hydrogens is 398 g/mol. The van der Waals surface area contributed by atoms with Crippen molar-refractivity contribution in [3.63, 3.8) is 0 Å². The summed E-state index contributed by atoms with van der Waals surface area (Å²) < 4.78 is 25.3. The number of pyridine rings is 2. The minimum atomic E-state index is -2.67. The predicted octanol–water partition coefficient (Wildman–Crippen LogP) is 3.97. The normalized spacial score (nSPS) is 10.6. The molecule has 0 aliphatic heterocycles. The number of rotatable bonds is 7. The molecule has 0 aliphatic rings. The average molecular weight is 414 g/mol. The van der Waals surface area contributed by atoms with Crippen molar-refractivity contribution in [2.45, 2.75) is 17.3 Å². The molecule has 0 atom stereocenters. The second-order valence-electron chi connectivity index (χ2n) is 5.81. The highest BCUT2D eigenvalue weighted by Crippen LogP contribution is 2.26. The van der Waals surface area contributed by atoms with E-state index in [4.69, 9.17) is 0 Å². The van der Waals surface area contributed by atoms with Crippen molar-refractivity contribution >= 4 is 29.3 Å². The SMILES string of the molecule is O=C(Nc1cccc(CNC(=O)c2cccnc2SC(F)F)c1)c1ccncc1. The number of aromatic nitrogens is 2. The highest BCUT2D eigenvalue weighted by Gasteiger charge is 2.16. The Hall–Kier alpha value is -3.33. The number of anilines is 1. The number of carbonyl (C=O) groups excluding carboxylic acids is 2. The summed E-state index contributed by atoms with van der Waals surface area (Å²) in [6, 6.07) is 13.1. The molecule has 148 valence electrons. The Morgan fingerprint density at radius 2 is 1.79 bits per heavy atom. The number of hydrogen-bond donors (Lipinski definition) is 2. The summed E-state index contributed by atoms with van der Waals surface area (Å²) in [5.74, 6) is -3.46. The quantitative estimate of drug-likeness (QED) is 0.572. The molecule has 2 amide bonds. The number of nitrogens with one attached hydrogen (secondary N) is 2. The molecule has 0 saturated heterocycles. The summed E-state index contributed by atoms with van der Waals surface area (Å²) in [4.78, 5) is 32.3. The molecule has 3 rings (SSSR count). The molecule has 0 fully saturated rings. The molecule has 0 spiro atoms. The van der Waals surface area contributed by atoms with Gasteiger partial charge in [-0.25, -0.2) is 4.98 Å². The smallest absolute Gasteiger partial charge is 0.290 e. The number of thioether (sulfide) groups is 1. The second kappa shape index (κ2) is 9.74. The van der Waals surface area contributed by atoms with E-state index in [9.17, 15) is 18.4 Å². The van der Waals surface area contributed by atoms with Crippen molar-refractivity contribution < 1.29 is 18.4 Å². The molecule has 2 N–H and O–H groups in total. The molecule has 9 heteroatoms. The van der Waals surface area contributed by atoms with E-state index in [1.165, 1.54) is 30.7 Å². The summed E-state index contributed by atoms with van der Waals surface area (Å²) in [6.07, 6.45) is 4.41. The summed E-state index contributed by atoms with van der Waals surface area (Å²) >= 11 is 0.225. The van der Waals surface area contributed by atoms with Crippen molar-refractivity contribution in [3.8, 4) is 0 Å². The minimum Gasteiger partial charge on any atom is -0.348 e. The van der Waals surface area contributed by atoms with E-state index in [2.05, 4.69) is 20.6 Å². The second-order valence-corrected chi connectivity index (χ2v) is 6.79. The first-order chi connectivity index (χ1) is 14.0. The van der Waals surface area contributed by atoms with Gasteiger partial charge in [0.2, 0.25) is 0 Å². The molecule has 3 aromatic rings. The maximum Gasteiger partial charge on any atom is 0.290 e. The summed E-state index contributed by atoms with van der Waals surface area (Å²) in [5, 5.41) is 5.43. The van der Waals surface area contributed by atoms with Gasteiger partial charge in [0.25, 0.3) is 17.6 Å². The van der Waals surface area contributed by atoms with Crippen LogP contribution in [0.2, 0.25) is 0 Å². The van der Waals surface area contributed by atoms with Crippen LogP contribution in [-0.4, -0.2) is 27.5 Å². The van der Waals surface area contributed by atoms with E-state index in [0.717, 1.165) is 5.56 Å². The van der Waals surface area contributed by atoms with Gasteiger partial charge in [0.15, 0.2) is 0 Å². The molecular formula is C20H16F2N4O2S. The molecule has 2 aromatic heterocycles. The van der Waals surface area contributed by atoms with E-state index < -0.39 is 11.7 Å². The van der Waals surface area contributed by atoms with Crippen LogP contribution < -0.4 is 10.6 Å². The zero-order valence-electron chi connectivity index (χ0n) is 15.0. The number of carbonyl (C=O) groups is 2. The van der Waals surface area contributed by atoms with Gasteiger partial charge in [0, 0.05) is 36.4 Å². The third-order valence-electron chi connectivity index (χ3n) is 3.80. The Bertz CT molecular complexity index is 1000. The van der Waals surface area contributed by atoms with Crippen molar-refractivity contribution in [2.75, 3.05) is 5.32 Å². The fraction of sp³-hybridized carbons (Fsp3) is 0.100. The Balaban J connectivity index is 1.64. The van der Waals surface area contributed by atoms with Crippen LogP contribution in [0.5, 0.6) is 0 Å². The zero-order valence-corrected chi connectivity index (χ0v) is 15.8. The van der Waals surface area contributed by atoms with Crippen molar-refractivity contribution in [2.24, 2.45) is 0 Å². The monoisotopic (exact) mass is 414 g/mol. The molecule has 0 radical (unpaired) electrons. The van der Waals surface area contributed by atoms with Crippen LogP contribution in [0.3, 0.4) is 0 Å². The van der Waals surface area contributed by atoms with Crippen LogP contribution in [0.1, 0.15) is 26.3 Å². The maximum atomic E-state index is 12.6. The number of alkyl halides is 2. The van der Waals surface area contributed by atoms with Crippen LogP contribution >= 0.6 is 11.8 Å². The summed E-state index contributed by atoms with van der Waals surface area (Å²) in [6.45, 7) is 0.158. The van der Waals surface area contributed by atoms with Crippen molar-refractivity contribution in [1.29, 1.82) is 0 Å². The molecule has 0 aliphatic carbocycles. The highest BCUT2D eigenvalue weighted by molar-refractivity contribution is 7.99. The van der Waals surface area contributed by atoms with Gasteiger partial charge < -0.3 is 10.6 Å². The standard InChI is InChI=1S/C20H16F2N4O2S/c21-20(22)29-19-16(5-2-8-24-19)18(28)25-12-13-3-1-4-15(11-13)26-17(27)14-6-9-23-10-7-14/h1-11,20H,12H2,(H,25,28)(H,26,27). The third-order valence-corrected chi connectivity index (χ3v) is 4.52. The van der Waals surface area contributed by atoms with Gasteiger partial charge in [0.05, 0.1) is 5.56 Å². The Labute approximate surface area is 169 Å². The summed E-state index contributed by atoms with van der Waals surface area (Å²) in [7, 11) is 0. The van der Waals surface area contributed by atoms with Crippen LogP contribution in [0, 0.1) is 0 Å². The van der Waals surface area contributed by atoms with Gasteiger partial charge in [-0.05, 0) is 53.7 Å². The lowest BCUT2D eigenvalue weighted by molar-refractivity contribution is 0.0946. The Kier molecular flexibility index (Phi) is 6.85. The average Bonchev–Trinajstić information content (AvgIpc) is 2.73. The first kappa shape index (κ1) is 20.4. The molecule has 29 heavy (non-hydrogen) atoms. The van der Waals surface area contributed by atoms with Crippen LogP contribution in [0.25, 0.3) is 0 Å². The van der Waals surface area contributed by atoms with Gasteiger partial charge in [-0.3, -0.25) is 14.6 Å². The van der Waals surface area contributed by atoms with Crippen LogP contribution in [-0.2, 0) is 6.54 Å².